The Kier molecular flexibility index (Phi) is 3.70. The molecule has 56 valence electrons. The van der Waals surface area contributed by atoms with Crippen molar-refractivity contribution in [3.8, 4) is 0 Å². The molecule has 0 aromatic rings. The highest BCUT2D eigenvalue weighted by molar-refractivity contribution is 5.81. The lowest BCUT2D eigenvalue weighted by Crippen LogP contribution is -2.08. The van der Waals surface area contributed by atoms with Gasteiger partial charge in [-0.3, -0.25) is 0 Å². The van der Waals surface area contributed by atoms with E-state index < -0.39 is 18.9 Å². The van der Waals surface area contributed by atoms with Crippen molar-refractivity contribution in [2.24, 2.45) is 0 Å². The van der Waals surface area contributed by atoms with Crippen LogP contribution >= 0.6 is 0 Å². The fourth-order valence-electron chi connectivity index (χ4n) is 0.197. The Bertz CT molecular complexity index is 150. The molecule has 0 aromatic carbocycles. The average molecular weight is 146 g/mol. The second-order valence-corrected chi connectivity index (χ2v) is 1.20. The maximum atomic E-state index is 10.2. The van der Waals surface area contributed by atoms with Crippen LogP contribution in [0.5, 0.6) is 0 Å². The van der Waals surface area contributed by atoms with E-state index in [4.69, 9.17) is 5.11 Å². The SMILES string of the molecule is C=CC(=O)OCOC(=O)O. The third-order valence-corrected chi connectivity index (χ3v) is 0.550. The molecule has 0 aliphatic carbocycles. The zero-order valence-electron chi connectivity index (χ0n) is 5.07. The van der Waals surface area contributed by atoms with Crippen molar-refractivity contribution < 1.29 is 24.2 Å². The molecule has 0 fully saturated rings. The Morgan fingerprint density at radius 3 is 2.50 bits per heavy atom. The van der Waals surface area contributed by atoms with Gasteiger partial charge in [-0.15, -0.1) is 0 Å². The minimum Gasteiger partial charge on any atom is -0.450 e. The minimum absolute atomic E-state index is 0.597. The summed E-state index contributed by atoms with van der Waals surface area (Å²) < 4.78 is 7.98. The minimum atomic E-state index is -1.49. The van der Waals surface area contributed by atoms with Crippen LogP contribution in [0.1, 0.15) is 0 Å². The van der Waals surface area contributed by atoms with Gasteiger partial charge in [0.1, 0.15) is 0 Å². The Labute approximate surface area is 56.9 Å². The van der Waals surface area contributed by atoms with E-state index in [0.29, 0.717) is 0 Å². The van der Waals surface area contributed by atoms with Gasteiger partial charge in [0.05, 0.1) is 0 Å². The molecule has 0 aliphatic rings. The summed E-state index contributed by atoms with van der Waals surface area (Å²) in [6, 6.07) is 0. The van der Waals surface area contributed by atoms with Crippen LogP contribution in [-0.4, -0.2) is 24.0 Å². The van der Waals surface area contributed by atoms with E-state index in [2.05, 4.69) is 16.1 Å². The molecule has 0 unspecified atom stereocenters. The molecule has 0 spiro atoms. The number of esters is 1. The number of carboxylic acid groups (broad SMARTS) is 1. The van der Waals surface area contributed by atoms with E-state index >= 15 is 0 Å². The molecule has 0 saturated heterocycles. The topological polar surface area (TPSA) is 72.8 Å². The number of hydrogen-bond acceptors (Lipinski definition) is 4. The van der Waals surface area contributed by atoms with Gasteiger partial charge in [0.2, 0.25) is 6.79 Å². The lowest BCUT2D eigenvalue weighted by molar-refractivity contribution is -0.146. The quantitative estimate of drug-likeness (QED) is 0.353. The predicted molar refractivity (Wildman–Crippen MR) is 30.3 cm³/mol. The van der Waals surface area contributed by atoms with E-state index in [1.807, 2.05) is 0 Å². The van der Waals surface area contributed by atoms with E-state index in [1.54, 1.807) is 0 Å². The summed E-state index contributed by atoms with van der Waals surface area (Å²) in [4.78, 5) is 19.8. The lowest BCUT2D eigenvalue weighted by atomic mass is 10.7. The van der Waals surface area contributed by atoms with Crippen LogP contribution in [0.25, 0.3) is 0 Å². The van der Waals surface area contributed by atoms with Crippen LogP contribution in [-0.2, 0) is 14.3 Å². The predicted octanol–water partition coefficient (Wildman–Crippen LogP) is 0.368. The van der Waals surface area contributed by atoms with Gasteiger partial charge in [-0.1, -0.05) is 6.58 Å². The fraction of sp³-hybridized carbons (Fsp3) is 0.200. The first-order valence-electron chi connectivity index (χ1n) is 2.31. The van der Waals surface area contributed by atoms with Crippen molar-refractivity contribution in [2.75, 3.05) is 6.79 Å². The highest BCUT2D eigenvalue weighted by Crippen LogP contribution is 1.81. The summed E-state index contributed by atoms with van der Waals surface area (Å²) in [5.74, 6) is -0.721. The largest absolute Gasteiger partial charge is 0.508 e. The van der Waals surface area contributed by atoms with Crippen LogP contribution in [0, 0.1) is 0 Å². The lowest BCUT2D eigenvalue weighted by Gasteiger charge is -1.98. The van der Waals surface area contributed by atoms with Gasteiger partial charge in [-0.05, 0) is 0 Å². The molecule has 0 rings (SSSR count). The van der Waals surface area contributed by atoms with E-state index in [9.17, 15) is 9.59 Å². The normalized spacial score (nSPS) is 8.00. The van der Waals surface area contributed by atoms with Crippen LogP contribution in [0.3, 0.4) is 0 Å². The van der Waals surface area contributed by atoms with Crippen LogP contribution < -0.4 is 0 Å². The molecule has 0 atom stereocenters. The maximum absolute atomic E-state index is 10.2. The average Bonchev–Trinajstić information content (AvgIpc) is 1.87. The van der Waals surface area contributed by atoms with Crippen molar-refractivity contribution in [1.29, 1.82) is 0 Å². The summed E-state index contributed by atoms with van der Waals surface area (Å²) >= 11 is 0. The highest BCUT2D eigenvalue weighted by atomic mass is 16.7. The van der Waals surface area contributed by atoms with Gasteiger partial charge in [0, 0.05) is 6.08 Å². The highest BCUT2D eigenvalue weighted by Gasteiger charge is 1.97. The molecular weight excluding hydrogens is 140 g/mol. The fourth-order valence-corrected chi connectivity index (χ4v) is 0.197. The monoisotopic (exact) mass is 146 g/mol. The smallest absolute Gasteiger partial charge is 0.450 e. The molecule has 0 aliphatic heterocycles. The molecule has 10 heavy (non-hydrogen) atoms. The Hall–Kier alpha value is -1.52. The maximum Gasteiger partial charge on any atom is 0.508 e. The van der Waals surface area contributed by atoms with Gasteiger partial charge in [-0.2, -0.15) is 0 Å². The second kappa shape index (κ2) is 4.37. The van der Waals surface area contributed by atoms with Gasteiger partial charge in [0.15, 0.2) is 0 Å². The Morgan fingerprint density at radius 1 is 1.50 bits per heavy atom. The molecule has 1 N–H and O–H groups in total. The number of hydrogen-bond donors (Lipinski definition) is 1. The van der Waals surface area contributed by atoms with Crippen molar-refractivity contribution in [2.45, 2.75) is 0 Å². The van der Waals surface area contributed by atoms with Crippen molar-refractivity contribution >= 4 is 12.1 Å². The molecule has 0 aromatic heterocycles. The number of rotatable bonds is 3. The third kappa shape index (κ3) is 4.63. The van der Waals surface area contributed by atoms with Crippen molar-refractivity contribution in [3.05, 3.63) is 12.7 Å². The van der Waals surface area contributed by atoms with Gasteiger partial charge >= 0.3 is 12.1 Å². The molecule has 0 saturated carbocycles. The number of carbonyl (C=O) groups is 2. The second-order valence-electron chi connectivity index (χ2n) is 1.20. The molecule has 0 radical (unpaired) electrons. The van der Waals surface area contributed by atoms with Crippen LogP contribution in [0.4, 0.5) is 4.79 Å². The summed E-state index contributed by atoms with van der Waals surface area (Å²) in [6.07, 6.45) is -0.581. The summed E-state index contributed by atoms with van der Waals surface area (Å²) in [5.41, 5.74) is 0. The van der Waals surface area contributed by atoms with E-state index in [1.165, 1.54) is 0 Å². The summed E-state index contributed by atoms with van der Waals surface area (Å²) in [6.45, 7) is 2.48. The van der Waals surface area contributed by atoms with E-state index in [0.717, 1.165) is 6.08 Å². The zero-order chi connectivity index (χ0) is 7.98. The van der Waals surface area contributed by atoms with Crippen molar-refractivity contribution in [1.82, 2.24) is 0 Å². The molecular formula is C5H6O5. The molecule has 0 amide bonds. The molecule has 5 nitrogen and oxygen atoms in total. The van der Waals surface area contributed by atoms with Crippen molar-refractivity contribution in [3.63, 3.8) is 0 Å². The first kappa shape index (κ1) is 8.48. The number of carbonyl (C=O) groups excluding carboxylic acids is 1. The Balaban J connectivity index is 3.28. The van der Waals surface area contributed by atoms with Gasteiger partial charge in [-0.25, -0.2) is 9.59 Å². The van der Waals surface area contributed by atoms with Crippen LogP contribution in [0.2, 0.25) is 0 Å². The molecule has 5 heteroatoms. The summed E-state index contributed by atoms with van der Waals surface area (Å²) in [7, 11) is 0. The van der Waals surface area contributed by atoms with Gasteiger partial charge < -0.3 is 14.6 Å². The molecule has 0 heterocycles. The van der Waals surface area contributed by atoms with Crippen LogP contribution in [0.15, 0.2) is 12.7 Å². The summed E-state index contributed by atoms with van der Waals surface area (Å²) in [5, 5.41) is 7.86. The zero-order valence-corrected chi connectivity index (χ0v) is 5.07. The first-order valence-corrected chi connectivity index (χ1v) is 2.31. The third-order valence-electron chi connectivity index (χ3n) is 0.550. The van der Waals surface area contributed by atoms with Gasteiger partial charge in [0.25, 0.3) is 0 Å². The Morgan fingerprint density at radius 2 is 2.10 bits per heavy atom. The number of ether oxygens (including phenoxy) is 2. The van der Waals surface area contributed by atoms with E-state index in [-0.39, 0.29) is 0 Å². The standard InChI is InChI=1S/C5H6O5/c1-2-4(6)9-3-10-5(7)8/h2H,1,3H2,(H,7,8). The first-order chi connectivity index (χ1) is 4.66. The molecule has 0 bridgehead atoms.